The molecule has 4 aromatic rings. The van der Waals surface area contributed by atoms with Gasteiger partial charge in [-0.3, -0.25) is 0 Å². The fourth-order valence-corrected chi connectivity index (χ4v) is 5.37. The zero-order valence-corrected chi connectivity index (χ0v) is 24.5. The second-order valence-corrected chi connectivity index (χ2v) is 9.85. The lowest BCUT2D eigenvalue weighted by atomic mass is 10.0. The molecule has 0 bridgehead atoms. The summed E-state index contributed by atoms with van der Waals surface area (Å²) in [6.45, 7) is 12.6. The van der Waals surface area contributed by atoms with Crippen molar-refractivity contribution in [1.29, 1.82) is 0 Å². The fourth-order valence-electron chi connectivity index (χ4n) is 5.37. The molecule has 39 heavy (non-hydrogen) atoms. The lowest BCUT2D eigenvalue weighted by molar-refractivity contribution is 0.298. The average molecular weight is 533 g/mol. The molecule has 0 atom stereocenters. The summed E-state index contributed by atoms with van der Waals surface area (Å²) in [5.74, 6) is 1.83. The van der Waals surface area contributed by atoms with Gasteiger partial charge in [-0.15, -0.1) is 0 Å². The molecule has 0 aliphatic carbocycles. The molecule has 0 fully saturated rings. The predicted molar refractivity (Wildman–Crippen MR) is 161 cm³/mol. The summed E-state index contributed by atoms with van der Waals surface area (Å²) in [6, 6.07) is 15.0. The van der Waals surface area contributed by atoms with E-state index in [1.54, 1.807) is 21.3 Å². The average Bonchev–Trinajstić information content (AvgIpc) is 3.30. The van der Waals surface area contributed by atoms with Gasteiger partial charge in [-0.25, -0.2) is 4.98 Å². The first-order valence-electron chi connectivity index (χ1n) is 14.2. The first-order valence-corrected chi connectivity index (χ1v) is 14.2. The van der Waals surface area contributed by atoms with E-state index in [1.807, 2.05) is 12.1 Å². The molecule has 4 rings (SSSR count). The van der Waals surface area contributed by atoms with Gasteiger partial charge in [0, 0.05) is 34.9 Å². The summed E-state index contributed by atoms with van der Waals surface area (Å²) in [4.78, 5) is 7.72. The maximum atomic E-state index is 5.71. The van der Waals surface area contributed by atoms with Gasteiger partial charge in [0.25, 0.3) is 0 Å². The van der Waals surface area contributed by atoms with Gasteiger partial charge in [0.05, 0.1) is 38.2 Å². The highest BCUT2D eigenvalue weighted by atomic mass is 16.5. The van der Waals surface area contributed by atoms with E-state index < -0.39 is 0 Å². The van der Waals surface area contributed by atoms with Gasteiger partial charge in [0.1, 0.15) is 0 Å². The molecular weight excluding hydrogens is 488 g/mol. The number of para-hydroxylation sites is 1. The van der Waals surface area contributed by atoms with Gasteiger partial charge in [0.15, 0.2) is 11.5 Å². The zero-order valence-electron chi connectivity index (χ0n) is 24.5. The van der Waals surface area contributed by atoms with Gasteiger partial charge in [-0.05, 0) is 63.3 Å². The van der Waals surface area contributed by atoms with Crippen molar-refractivity contribution in [2.75, 3.05) is 47.5 Å². The standard InChI is InChI=1S/C32H44N4O3/c1-7-10-18-36-27-15-12-11-14-25(27)26-21-24(22-33-16-13-17-35(8-2)9-3)34-30(31(26)36)23-19-28(37-4)32(39-6)29(20-23)38-5/h11-12,14-15,19-21,33H,7-10,13,16-18,22H2,1-6H3. The Hall–Kier alpha value is -3.29. The highest BCUT2D eigenvalue weighted by Crippen LogP contribution is 2.43. The van der Waals surface area contributed by atoms with E-state index in [1.165, 1.54) is 16.3 Å². The molecular formula is C32H44N4O3. The number of methoxy groups -OCH3 is 3. The first kappa shape index (κ1) is 28.7. The molecule has 0 unspecified atom stereocenters. The second kappa shape index (κ2) is 13.7. The van der Waals surface area contributed by atoms with Crippen LogP contribution in [-0.4, -0.2) is 62.0 Å². The van der Waals surface area contributed by atoms with Crippen LogP contribution >= 0.6 is 0 Å². The molecule has 0 spiro atoms. The summed E-state index contributed by atoms with van der Waals surface area (Å²) < 4.78 is 19.5. The molecule has 7 nitrogen and oxygen atoms in total. The van der Waals surface area contributed by atoms with E-state index >= 15 is 0 Å². The smallest absolute Gasteiger partial charge is 0.203 e. The summed E-state index contributed by atoms with van der Waals surface area (Å²) >= 11 is 0. The summed E-state index contributed by atoms with van der Waals surface area (Å²) in [5, 5.41) is 6.11. The number of ether oxygens (including phenoxy) is 3. The van der Waals surface area contributed by atoms with E-state index in [0.717, 1.165) is 74.5 Å². The van der Waals surface area contributed by atoms with E-state index in [4.69, 9.17) is 19.2 Å². The minimum Gasteiger partial charge on any atom is -0.493 e. The molecule has 210 valence electrons. The van der Waals surface area contributed by atoms with Crippen LogP contribution in [0.4, 0.5) is 0 Å². The topological polar surface area (TPSA) is 60.8 Å². The van der Waals surface area contributed by atoms with Crippen LogP contribution in [0.1, 0.15) is 45.7 Å². The van der Waals surface area contributed by atoms with Crippen molar-refractivity contribution >= 4 is 21.8 Å². The predicted octanol–water partition coefficient (Wildman–Crippen LogP) is 6.50. The van der Waals surface area contributed by atoms with E-state index in [-0.39, 0.29) is 0 Å². The van der Waals surface area contributed by atoms with Crippen LogP contribution in [0.5, 0.6) is 17.2 Å². The molecule has 0 amide bonds. The number of rotatable bonds is 15. The Morgan fingerprint density at radius 1 is 0.872 bits per heavy atom. The lowest BCUT2D eigenvalue weighted by Crippen LogP contribution is -2.27. The van der Waals surface area contributed by atoms with Crippen molar-refractivity contribution in [3.8, 4) is 28.5 Å². The largest absolute Gasteiger partial charge is 0.493 e. The number of hydrogen-bond donors (Lipinski definition) is 1. The summed E-state index contributed by atoms with van der Waals surface area (Å²) in [6.07, 6.45) is 3.33. The Bertz CT molecular complexity index is 1350. The molecule has 1 N–H and O–H groups in total. The lowest BCUT2D eigenvalue weighted by Gasteiger charge is -2.18. The molecule has 0 aliphatic heterocycles. The van der Waals surface area contributed by atoms with Gasteiger partial charge in [-0.2, -0.15) is 0 Å². The van der Waals surface area contributed by atoms with Gasteiger partial charge < -0.3 is 29.0 Å². The number of hydrogen-bond acceptors (Lipinski definition) is 6. The first-order chi connectivity index (χ1) is 19.1. The third-order valence-electron chi connectivity index (χ3n) is 7.50. The van der Waals surface area contributed by atoms with Crippen molar-refractivity contribution in [1.82, 2.24) is 19.8 Å². The Kier molecular flexibility index (Phi) is 10.1. The number of unbranched alkanes of at least 4 members (excludes halogenated alkanes) is 1. The van der Waals surface area contributed by atoms with Gasteiger partial charge >= 0.3 is 0 Å². The summed E-state index contributed by atoms with van der Waals surface area (Å²) in [5.41, 5.74) is 5.27. The van der Waals surface area contributed by atoms with E-state index in [2.05, 4.69) is 65.9 Å². The van der Waals surface area contributed by atoms with Crippen LogP contribution in [0.15, 0.2) is 42.5 Å². The van der Waals surface area contributed by atoms with Crippen molar-refractivity contribution in [3.63, 3.8) is 0 Å². The van der Waals surface area contributed by atoms with Crippen molar-refractivity contribution in [3.05, 3.63) is 48.2 Å². The minimum atomic E-state index is 0.581. The van der Waals surface area contributed by atoms with Crippen LogP contribution in [0.3, 0.4) is 0 Å². The van der Waals surface area contributed by atoms with Crippen molar-refractivity contribution < 1.29 is 14.2 Å². The normalized spacial score (nSPS) is 11.6. The Morgan fingerprint density at radius 3 is 2.23 bits per heavy atom. The molecule has 0 saturated carbocycles. The van der Waals surface area contributed by atoms with Crippen LogP contribution in [0.2, 0.25) is 0 Å². The Labute approximate surface area is 233 Å². The number of pyridine rings is 1. The van der Waals surface area contributed by atoms with Gasteiger partial charge in [0.2, 0.25) is 5.75 Å². The van der Waals surface area contributed by atoms with Crippen molar-refractivity contribution in [2.45, 2.75) is 53.1 Å². The van der Waals surface area contributed by atoms with E-state index in [0.29, 0.717) is 23.8 Å². The molecule has 0 radical (unpaired) electrons. The van der Waals surface area contributed by atoms with Crippen LogP contribution in [0.25, 0.3) is 33.1 Å². The SMILES string of the molecule is CCCCn1c2ccccc2c2cc(CNCCCN(CC)CC)nc(-c3cc(OC)c(OC)c(OC)c3)c21. The molecule has 0 saturated heterocycles. The second-order valence-electron chi connectivity index (χ2n) is 9.85. The number of nitrogens with one attached hydrogen (secondary N) is 1. The zero-order chi connectivity index (χ0) is 27.8. The maximum absolute atomic E-state index is 5.71. The Morgan fingerprint density at radius 2 is 1.59 bits per heavy atom. The highest BCUT2D eigenvalue weighted by Gasteiger charge is 2.21. The molecule has 7 heteroatoms. The third-order valence-corrected chi connectivity index (χ3v) is 7.50. The highest BCUT2D eigenvalue weighted by molar-refractivity contribution is 6.12. The van der Waals surface area contributed by atoms with Crippen LogP contribution in [-0.2, 0) is 13.1 Å². The fraction of sp³-hybridized carbons (Fsp3) is 0.469. The van der Waals surface area contributed by atoms with Crippen LogP contribution in [0, 0.1) is 0 Å². The number of nitrogens with zero attached hydrogens (tertiary/aromatic N) is 3. The quantitative estimate of drug-likeness (QED) is 0.176. The number of fused-ring (bicyclic) bond motifs is 3. The van der Waals surface area contributed by atoms with Crippen molar-refractivity contribution in [2.24, 2.45) is 0 Å². The summed E-state index contributed by atoms with van der Waals surface area (Å²) in [7, 11) is 4.94. The Balaban J connectivity index is 1.83. The van der Waals surface area contributed by atoms with Crippen LogP contribution < -0.4 is 19.5 Å². The maximum Gasteiger partial charge on any atom is 0.203 e. The molecule has 0 aliphatic rings. The third kappa shape index (κ3) is 6.15. The molecule has 2 heterocycles. The molecule has 2 aromatic heterocycles. The number of aromatic nitrogens is 2. The van der Waals surface area contributed by atoms with E-state index in [9.17, 15) is 0 Å². The number of aryl methyl sites for hydroxylation is 1. The number of benzene rings is 2. The monoisotopic (exact) mass is 532 g/mol. The van der Waals surface area contributed by atoms with Gasteiger partial charge in [-0.1, -0.05) is 45.4 Å². The minimum absolute atomic E-state index is 0.581. The molecule has 2 aromatic carbocycles.